The number of hydrogen-bond acceptors (Lipinski definition) is 5. The van der Waals surface area contributed by atoms with E-state index in [9.17, 15) is 9.59 Å². The lowest BCUT2D eigenvalue weighted by Crippen LogP contribution is -2.14. The topological polar surface area (TPSA) is 78.8 Å². The van der Waals surface area contributed by atoms with Crippen LogP contribution in [0.1, 0.15) is 35.7 Å². The molecule has 0 aliphatic heterocycles. The second-order valence-corrected chi connectivity index (χ2v) is 6.85. The Morgan fingerprint density at radius 2 is 1.90 bits per heavy atom. The zero-order valence-corrected chi connectivity index (χ0v) is 17.4. The monoisotopic (exact) mass is 410 g/mol. The molecule has 7 nitrogen and oxygen atoms in total. The predicted octanol–water partition coefficient (Wildman–Crippen LogP) is 4.83. The first-order valence-electron chi connectivity index (χ1n) is 9.83. The number of benzene rings is 2. The Morgan fingerprint density at radius 3 is 2.63 bits per heavy atom. The van der Waals surface area contributed by atoms with Crippen LogP contribution in [-0.2, 0) is 16.0 Å². The largest absolute Gasteiger partial charge is 0.496 e. The summed E-state index contributed by atoms with van der Waals surface area (Å²) in [5.41, 5.74) is 2.97. The number of amides is 1. The van der Waals surface area contributed by atoms with Crippen molar-refractivity contribution in [3.8, 4) is 5.75 Å². The van der Waals surface area contributed by atoms with Crippen molar-refractivity contribution in [2.75, 3.05) is 26.1 Å². The van der Waals surface area contributed by atoms with E-state index in [-0.39, 0.29) is 0 Å². The zero-order chi connectivity index (χ0) is 21.5. The maximum Gasteiger partial charge on any atom is 0.411 e. The van der Waals surface area contributed by atoms with Crippen LogP contribution in [0.15, 0.2) is 48.7 Å². The van der Waals surface area contributed by atoms with Gasteiger partial charge in [-0.25, -0.2) is 9.59 Å². The molecule has 0 unspecified atom stereocenters. The number of nitrogens with one attached hydrogen (secondary N) is 1. The SMILES string of the molecule is CCCCOC(=O)Nc1ccc2ccn(Cc3ccc(C(=O)OC)cc3OC)c2c1. The van der Waals surface area contributed by atoms with Crippen molar-refractivity contribution < 1.29 is 23.8 Å². The normalized spacial score (nSPS) is 10.6. The van der Waals surface area contributed by atoms with Crippen molar-refractivity contribution >= 4 is 28.7 Å². The second-order valence-electron chi connectivity index (χ2n) is 6.85. The minimum Gasteiger partial charge on any atom is -0.496 e. The lowest BCUT2D eigenvalue weighted by Gasteiger charge is -2.12. The van der Waals surface area contributed by atoms with Gasteiger partial charge in [0.1, 0.15) is 5.75 Å². The smallest absolute Gasteiger partial charge is 0.411 e. The van der Waals surface area contributed by atoms with E-state index >= 15 is 0 Å². The van der Waals surface area contributed by atoms with Crippen molar-refractivity contribution in [2.24, 2.45) is 0 Å². The van der Waals surface area contributed by atoms with Crippen LogP contribution in [0.3, 0.4) is 0 Å². The molecule has 0 aliphatic carbocycles. The highest BCUT2D eigenvalue weighted by Gasteiger charge is 2.12. The lowest BCUT2D eigenvalue weighted by atomic mass is 10.1. The number of nitrogens with zero attached hydrogens (tertiary/aromatic N) is 1. The third-order valence-corrected chi connectivity index (χ3v) is 4.80. The number of fused-ring (bicyclic) bond motifs is 1. The third kappa shape index (κ3) is 4.92. The number of esters is 1. The molecular formula is C23H26N2O5. The highest BCUT2D eigenvalue weighted by atomic mass is 16.5. The van der Waals surface area contributed by atoms with Crippen LogP contribution < -0.4 is 10.1 Å². The molecule has 0 saturated heterocycles. The molecule has 1 N–H and O–H groups in total. The molecule has 30 heavy (non-hydrogen) atoms. The van der Waals surface area contributed by atoms with E-state index in [4.69, 9.17) is 14.2 Å². The van der Waals surface area contributed by atoms with Crippen molar-refractivity contribution in [1.82, 2.24) is 4.57 Å². The summed E-state index contributed by atoms with van der Waals surface area (Å²) in [4.78, 5) is 23.7. The first-order valence-corrected chi connectivity index (χ1v) is 9.83. The molecule has 0 radical (unpaired) electrons. The van der Waals surface area contributed by atoms with Crippen LogP contribution in [-0.4, -0.2) is 37.5 Å². The number of unbranched alkanes of at least 4 members (excludes halogenated alkanes) is 1. The molecule has 0 fully saturated rings. The molecule has 158 valence electrons. The molecule has 3 rings (SSSR count). The van der Waals surface area contributed by atoms with Gasteiger partial charge in [-0.15, -0.1) is 0 Å². The second kappa shape index (κ2) is 9.82. The molecule has 1 aromatic heterocycles. The minimum absolute atomic E-state index is 0.405. The summed E-state index contributed by atoms with van der Waals surface area (Å²) in [5, 5.41) is 3.82. The van der Waals surface area contributed by atoms with E-state index in [2.05, 4.69) is 9.88 Å². The number of aromatic nitrogens is 1. The van der Waals surface area contributed by atoms with Crippen LogP contribution in [0, 0.1) is 0 Å². The Morgan fingerprint density at radius 1 is 1.07 bits per heavy atom. The Hall–Kier alpha value is -3.48. The van der Waals surface area contributed by atoms with Gasteiger partial charge in [0, 0.05) is 17.4 Å². The van der Waals surface area contributed by atoms with Gasteiger partial charge in [0.2, 0.25) is 0 Å². The Labute approximate surface area is 175 Å². The van der Waals surface area contributed by atoms with Gasteiger partial charge in [-0.3, -0.25) is 5.32 Å². The number of carbonyl (C=O) groups is 2. The molecule has 1 heterocycles. The van der Waals surface area contributed by atoms with E-state index in [0.717, 1.165) is 29.3 Å². The summed E-state index contributed by atoms with van der Waals surface area (Å²) in [6.07, 6.45) is 3.32. The molecule has 0 spiro atoms. The maximum atomic E-state index is 11.9. The maximum absolute atomic E-state index is 11.9. The average Bonchev–Trinajstić information content (AvgIpc) is 3.15. The molecule has 3 aromatic rings. The molecule has 0 atom stereocenters. The van der Waals surface area contributed by atoms with Crippen molar-refractivity contribution in [1.29, 1.82) is 0 Å². The number of rotatable bonds is 8. The van der Waals surface area contributed by atoms with Gasteiger partial charge in [-0.2, -0.15) is 0 Å². The number of ether oxygens (including phenoxy) is 3. The van der Waals surface area contributed by atoms with Crippen LogP contribution in [0.5, 0.6) is 5.75 Å². The fraction of sp³-hybridized carbons (Fsp3) is 0.304. The van der Waals surface area contributed by atoms with E-state index in [0.29, 0.717) is 30.2 Å². The van der Waals surface area contributed by atoms with Gasteiger partial charge in [0.05, 0.1) is 38.5 Å². The highest BCUT2D eigenvalue weighted by Crippen LogP contribution is 2.26. The summed E-state index contributed by atoms with van der Waals surface area (Å²) in [5.74, 6) is 0.196. The Kier molecular flexibility index (Phi) is 6.95. The Balaban J connectivity index is 1.81. The summed E-state index contributed by atoms with van der Waals surface area (Å²) >= 11 is 0. The highest BCUT2D eigenvalue weighted by molar-refractivity contribution is 5.91. The number of carbonyl (C=O) groups excluding carboxylic acids is 2. The Bertz CT molecular complexity index is 1040. The summed E-state index contributed by atoms with van der Waals surface area (Å²) in [6, 6.07) is 13.0. The standard InChI is InChI=1S/C23H26N2O5/c1-4-5-12-30-23(27)24-19-9-8-16-10-11-25(20(16)14-19)15-18-7-6-17(22(26)29-3)13-21(18)28-2/h6-11,13-14H,4-5,12,15H2,1-3H3,(H,24,27). The molecule has 0 aliphatic rings. The van der Waals surface area contributed by atoms with Crippen molar-refractivity contribution in [3.63, 3.8) is 0 Å². The molecule has 1 amide bonds. The fourth-order valence-electron chi connectivity index (χ4n) is 3.17. The van der Waals surface area contributed by atoms with Crippen LogP contribution in [0.4, 0.5) is 10.5 Å². The first-order chi connectivity index (χ1) is 14.5. The van der Waals surface area contributed by atoms with Gasteiger partial charge in [0.25, 0.3) is 0 Å². The molecule has 0 bridgehead atoms. The molecule has 0 saturated carbocycles. The third-order valence-electron chi connectivity index (χ3n) is 4.80. The van der Waals surface area contributed by atoms with E-state index in [1.807, 2.05) is 43.5 Å². The van der Waals surface area contributed by atoms with E-state index < -0.39 is 12.1 Å². The predicted molar refractivity (Wildman–Crippen MR) is 115 cm³/mol. The quantitative estimate of drug-likeness (QED) is 0.425. The van der Waals surface area contributed by atoms with E-state index in [1.54, 1.807) is 19.2 Å². The molecular weight excluding hydrogens is 384 g/mol. The van der Waals surface area contributed by atoms with Crippen LogP contribution in [0.25, 0.3) is 10.9 Å². The molecule has 2 aromatic carbocycles. The van der Waals surface area contributed by atoms with Crippen molar-refractivity contribution in [2.45, 2.75) is 26.3 Å². The van der Waals surface area contributed by atoms with Crippen LogP contribution >= 0.6 is 0 Å². The number of hydrogen-bond donors (Lipinski definition) is 1. The first kappa shape index (κ1) is 21.2. The lowest BCUT2D eigenvalue weighted by molar-refractivity contribution is 0.0600. The van der Waals surface area contributed by atoms with Gasteiger partial charge in [-0.05, 0) is 42.1 Å². The number of methoxy groups -OCH3 is 2. The molecule has 7 heteroatoms. The van der Waals surface area contributed by atoms with E-state index in [1.165, 1.54) is 7.11 Å². The van der Waals surface area contributed by atoms with Gasteiger partial charge in [-0.1, -0.05) is 25.5 Å². The average molecular weight is 410 g/mol. The van der Waals surface area contributed by atoms with Gasteiger partial charge >= 0.3 is 12.1 Å². The van der Waals surface area contributed by atoms with Crippen molar-refractivity contribution in [3.05, 3.63) is 59.8 Å². The summed E-state index contributed by atoms with van der Waals surface area (Å²) < 4.78 is 17.5. The van der Waals surface area contributed by atoms with Crippen LogP contribution in [0.2, 0.25) is 0 Å². The summed E-state index contributed by atoms with van der Waals surface area (Å²) in [7, 11) is 2.92. The zero-order valence-electron chi connectivity index (χ0n) is 17.4. The summed E-state index contributed by atoms with van der Waals surface area (Å²) in [6.45, 7) is 2.99. The fourth-order valence-corrected chi connectivity index (χ4v) is 3.17. The van der Waals surface area contributed by atoms with Gasteiger partial charge < -0.3 is 18.8 Å². The minimum atomic E-state index is -0.457. The van der Waals surface area contributed by atoms with Gasteiger partial charge in [0.15, 0.2) is 0 Å². The number of anilines is 1.